The van der Waals surface area contributed by atoms with Crippen molar-refractivity contribution >= 4 is 17.7 Å². The van der Waals surface area contributed by atoms with Gasteiger partial charge in [-0.1, -0.05) is 48.5 Å². The molecule has 4 rings (SSSR count). The van der Waals surface area contributed by atoms with E-state index in [1.165, 1.54) is 12.0 Å². The molecule has 0 aliphatic carbocycles. The summed E-state index contributed by atoms with van der Waals surface area (Å²) in [4.78, 5) is 27.2. The van der Waals surface area contributed by atoms with Gasteiger partial charge in [-0.2, -0.15) is 0 Å². The number of carbonyl (C=O) groups excluding carboxylic acids is 2. The van der Waals surface area contributed by atoms with Crippen LogP contribution in [0.2, 0.25) is 0 Å². The zero-order chi connectivity index (χ0) is 18.3. The first-order valence-electron chi connectivity index (χ1n) is 8.47. The summed E-state index contributed by atoms with van der Waals surface area (Å²) in [6, 6.07) is 16.1. The molecule has 6 heteroatoms. The molecular formula is C20H19NO5. The Kier molecular flexibility index (Phi) is 3.92. The predicted octanol–water partition coefficient (Wildman–Crippen LogP) is 2.56. The van der Waals surface area contributed by atoms with Crippen LogP contribution in [0.4, 0.5) is 10.5 Å². The highest BCUT2D eigenvalue weighted by molar-refractivity contribution is 6.00. The van der Waals surface area contributed by atoms with Crippen LogP contribution in [0.15, 0.2) is 54.6 Å². The second kappa shape index (κ2) is 6.14. The van der Waals surface area contributed by atoms with Crippen molar-refractivity contribution < 1.29 is 24.2 Å². The first-order valence-corrected chi connectivity index (χ1v) is 8.47. The third-order valence-corrected chi connectivity index (χ3v) is 5.25. The first kappa shape index (κ1) is 16.6. The molecule has 1 amide bonds. The van der Waals surface area contributed by atoms with Gasteiger partial charge in [0.2, 0.25) is 0 Å². The summed E-state index contributed by atoms with van der Waals surface area (Å²) in [5.41, 5.74) is 1.09. The molecule has 0 bridgehead atoms. The third-order valence-electron chi connectivity index (χ3n) is 5.25. The van der Waals surface area contributed by atoms with Crippen molar-refractivity contribution in [1.82, 2.24) is 0 Å². The molecule has 0 saturated carbocycles. The van der Waals surface area contributed by atoms with Crippen LogP contribution < -0.4 is 4.90 Å². The van der Waals surface area contributed by atoms with E-state index in [4.69, 9.17) is 9.47 Å². The summed E-state index contributed by atoms with van der Waals surface area (Å²) in [6.45, 7) is -0.255. The summed E-state index contributed by atoms with van der Waals surface area (Å²) in [6.07, 6.45) is -0.838. The van der Waals surface area contributed by atoms with E-state index in [0.717, 1.165) is 11.1 Å². The standard InChI is InChI=1S/C20H19NO5/c1-25-19(24)21-16-10-6-5-9-15(16)20(11-14(12-22)26-18(20)23)17(21)13-7-3-2-4-8-13/h2-10,14,17,22H,11-12H2,1H3/t14-,17+,20+/m0/s1. The van der Waals surface area contributed by atoms with Crippen molar-refractivity contribution in [2.24, 2.45) is 0 Å². The zero-order valence-electron chi connectivity index (χ0n) is 14.3. The molecule has 6 nitrogen and oxygen atoms in total. The number of aliphatic hydroxyl groups excluding tert-OH is 1. The molecule has 2 aromatic carbocycles. The number of hydrogen-bond acceptors (Lipinski definition) is 5. The summed E-state index contributed by atoms with van der Waals surface area (Å²) in [5.74, 6) is -0.427. The number of amides is 1. The number of aliphatic hydroxyl groups is 1. The Hall–Kier alpha value is -2.86. The number of cyclic esters (lactones) is 1. The summed E-state index contributed by atoms with van der Waals surface area (Å²) >= 11 is 0. The molecule has 1 spiro atoms. The van der Waals surface area contributed by atoms with E-state index in [0.29, 0.717) is 12.1 Å². The second-order valence-electron chi connectivity index (χ2n) is 6.56. The highest BCUT2D eigenvalue weighted by Crippen LogP contribution is 2.58. The van der Waals surface area contributed by atoms with Gasteiger partial charge in [0.25, 0.3) is 0 Å². The van der Waals surface area contributed by atoms with Crippen LogP contribution in [-0.2, 0) is 19.7 Å². The number of para-hydroxylation sites is 1. The lowest BCUT2D eigenvalue weighted by Crippen LogP contribution is -2.43. The Morgan fingerprint density at radius 3 is 2.58 bits per heavy atom. The van der Waals surface area contributed by atoms with Gasteiger partial charge >= 0.3 is 12.1 Å². The monoisotopic (exact) mass is 353 g/mol. The maximum absolute atomic E-state index is 13.1. The van der Waals surface area contributed by atoms with Gasteiger partial charge in [-0.25, -0.2) is 4.79 Å². The van der Waals surface area contributed by atoms with E-state index in [9.17, 15) is 14.7 Å². The Morgan fingerprint density at radius 1 is 1.23 bits per heavy atom. The number of anilines is 1. The Balaban J connectivity index is 1.98. The average Bonchev–Trinajstić information content (AvgIpc) is 3.18. The van der Waals surface area contributed by atoms with Crippen LogP contribution >= 0.6 is 0 Å². The van der Waals surface area contributed by atoms with Crippen molar-refractivity contribution in [2.75, 3.05) is 18.6 Å². The van der Waals surface area contributed by atoms with Crippen molar-refractivity contribution in [3.05, 3.63) is 65.7 Å². The van der Waals surface area contributed by atoms with E-state index in [2.05, 4.69) is 0 Å². The second-order valence-corrected chi connectivity index (χ2v) is 6.56. The zero-order valence-corrected chi connectivity index (χ0v) is 14.3. The van der Waals surface area contributed by atoms with E-state index >= 15 is 0 Å². The van der Waals surface area contributed by atoms with Crippen molar-refractivity contribution in [3.8, 4) is 0 Å². The molecule has 26 heavy (non-hydrogen) atoms. The number of benzene rings is 2. The van der Waals surface area contributed by atoms with Crippen molar-refractivity contribution in [2.45, 2.75) is 24.0 Å². The van der Waals surface area contributed by atoms with Crippen LogP contribution in [-0.4, -0.2) is 37.0 Å². The number of carbonyl (C=O) groups is 2. The molecule has 2 heterocycles. The highest BCUT2D eigenvalue weighted by atomic mass is 16.6. The average molecular weight is 353 g/mol. The normalized spacial score (nSPS) is 26.7. The quantitative estimate of drug-likeness (QED) is 0.840. The van der Waals surface area contributed by atoms with Crippen molar-refractivity contribution in [1.29, 1.82) is 0 Å². The van der Waals surface area contributed by atoms with Gasteiger partial charge < -0.3 is 14.6 Å². The smallest absolute Gasteiger partial charge is 0.414 e. The van der Waals surface area contributed by atoms with Gasteiger partial charge in [-0.3, -0.25) is 9.69 Å². The van der Waals surface area contributed by atoms with E-state index < -0.39 is 29.6 Å². The lowest BCUT2D eigenvalue weighted by molar-refractivity contribution is -0.147. The van der Waals surface area contributed by atoms with Gasteiger partial charge in [-0.05, 0) is 17.2 Å². The van der Waals surface area contributed by atoms with E-state index in [-0.39, 0.29) is 6.61 Å². The number of methoxy groups -OCH3 is 1. The Bertz CT molecular complexity index is 852. The Labute approximate surface area is 151 Å². The largest absolute Gasteiger partial charge is 0.459 e. The van der Waals surface area contributed by atoms with E-state index in [1.54, 1.807) is 6.07 Å². The van der Waals surface area contributed by atoms with Gasteiger partial charge in [0.1, 0.15) is 11.5 Å². The number of fused-ring (bicyclic) bond motifs is 2. The molecule has 0 unspecified atom stereocenters. The number of nitrogens with zero attached hydrogens (tertiary/aromatic N) is 1. The lowest BCUT2D eigenvalue weighted by atomic mass is 9.72. The van der Waals surface area contributed by atoms with Gasteiger partial charge in [0.15, 0.2) is 0 Å². The van der Waals surface area contributed by atoms with Gasteiger partial charge in [0, 0.05) is 6.42 Å². The van der Waals surface area contributed by atoms with Crippen LogP contribution in [0.25, 0.3) is 0 Å². The van der Waals surface area contributed by atoms with Gasteiger partial charge in [0.05, 0.1) is 25.4 Å². The molecule has 0 radical (unpaired) electrons. The molecule has 134 valence electrons. The van der Waals surface area contributed by atoms with Crippen molar-refractivity contribution in [3.63, 3.8) is 0 Å². The molecular weight excluding hydrogens is 334 g/mol. The SMILES string of the molecule is COC(=O)N1c2ccccc2[C@]2(C[C@@H](CO)OC2=O)[C@H]1c1ccccc1. The fraction of sp³-hybridized carbons (Fsp3) is 0.300. The minimum absolute atomic E-state index is 0.255. The van der Waals surface area contributed by atoms with Crippen LogP contribution in [0.3, 0.4) is 0 Å². The highest BCUT2D eigenvalue weighted by Gasteiger charge is 2.63. The molecule has 0 aromatic heterocycles. The number of hydrogen-bond donors (Lipinski definition) is 1. The van der Waals surface area contributed by atoms with Gasteiger partial charge in [-0.15, -0.1) is 0 Å². The van der Waals surface area contributed by atoms with Crippen LogP contribution in [0.5, 0.6) is 0 Å². The third kappa shape index (κ3) is 2.15. The molecule has 2 aromatic rings. The first-order chi connectivity index (χ1) is 12.6. The maximum atomic E-state index is 13.1. The molecule has 2 aliphatic heterocycles. The lowest BCUT2D eigenvalue weighted by Gasteiger charge is -2.32. The number of esters is 1. The number of ether oxygens (including phenoxy) is 2. The Morgan fingerprint density at radius 2 is 1.92 bits per heavy atom. The van der Waals surface area contributed by atoms with E-state index in [1.807, 2.05) is 48.5 Å². The molecule has 1 saturated heterocycles. The maximum Gasteiger partial charge on any atom is 0.414 e. The van der Waals surface area contributed by atoms with Crippen LogP contribution in [0.1, 0.15) is 23.6 Å². The molecule has 1 fully saturated rings. The minimum Gasteiger partial charge on any atom is -0.459 e. The van der Waals surface area contributed by atoms with Crippen LogP contribution in [0, 0.1) is 0 Å². The predicted molar refractivity (Wildman–Crippen MR) is 93.8 cm³/mol. The molecule has 2 aliphatic rings. The minimum atomic E-state index is -1.07. The fourth-order valence-electron chi connectivity index (χ4n) is 4.22. The fourth-order valence-corrected chi connectivity index (χ4v) is 4.22. The topological polar surface area (TPSA) is 76.1 Å². The molecule has 1 N–H and O–H groups in total. The summed E-state index contributed by atoms with van der Waals surface area (Å²) in [5, 5.41) is 9.57. The number of rotatable bonds is 2. The summed E-state index contributed by atoms with van der Waals surface area (Å²) < 4.78 is 10.5. The molecule has 3 atom stereocenters. The summed E-state index contributed by atoms with van der Waals surface area (Å²) in [7, 11) is 1.32.